The second-order valence-electron chi connectivity index (χ2n) is 3.76. The van der Waals surface area contributed by atoms with Crippen molar-refractivity contribution < 1.29 is 19.1 Å². The maximum absolute atomic E-state index is 11.7. The quantitative estimate of drug-likeness (QED) is 0.503. The third-order valence-electron chi connectivity index (χ3n) is 2.53. The molecule has 1 unspecified atom stereocenters. The van der Waals surface area contributed by atoms with Gasteiger partial charge in [-0.15, -0.1) is 0 Å². The first-order valence-corrected chi connectivity index (χ1v) is 5.60. The summed E-state index contributed by atoms with van der Waals surface area (Å²) in [6, 6.07) is 0. The number of ketones is 1. The van der Waals surface area contributed by atoms with Crippen molar-refractivity contribution >= 4 is 17.7 Å². The normalized spacial score (nSPS) is 20.4. The highest BCUT2D eigenvalue weighted by Gasteiger charge is 2.44. The van der Waals surface area contributed by atoms with Gasteiger partial charge in [0.1, 0.15) is 0 Å². The molecule has 1 heterocycles. The zero-order valence-corrected chi connectivity index (χ0v) is 9.69. The summed E-state index contributed by atoms with van der Waals surface area (Å²) in [6.45, 7) is 4.42. The van der Waals surface area contributed by atoms with Gasteiger partial charge in [-0.1, -0.05) is 13.3 Å². The predicted molar refractivity (Wildman–Crippen MR) is 56.6 cm³/mol. The van der Waals surface area contributed by atoms with E-state index in [2.05, 4.69) is 0 Å². The van der Waals surface area contributed by atoms with Crippen LogP contribution in [0.25, 0.3) is 0 Å². The van der Waals surface area contributed by atoms with Gasteiger partial charge >= 0.3 is 5.97 Å². The van der Waals surface area contributed by atoms with Crippen LogP contribution in [0.3, 0.4) is 0 Å². The Labute approximate surface area is 94.7 Å². The average molecular weight is 227 g/mol. The Bertz CT molecular complexity index is 300. The van der Waals surface area contributed by atoms with Gasteiger partial charge in [0, 0.05) is 6.54 Å². The molecular formula is C11H17NO4. The molecule has 0 aliphatic carbocycles. The van der Waals surface area contributed by atoms with E-state index in [0.29, 0.717) is 6.54 Å². The van der Waals surface area contributed by atoms with E-state index in [1.165, 1.54) is 4.90 Å². The van der Waals surface area contributed by atoms with Gasteiger partial charge in [0.2, 0.25) is 5.91 Å². The zero-order chi connectivity index (χ0) is 12.1. The number of likely N-dealkylation sites (tertiary alicyclic amines) is 1. The van der Waals surface area contributed by atoms with Gasteiger partial charge in [0.05, 0.1) is 13.2 Å². The molecule has 0 bridgehead atoms. The van der Waals surface area contributed by atoms with Crippen LogP contribution in [-0.2, 0) is 19.1 Å². The molecule has 1 atom stereocenters. The minimum Gasteiger partial charge on any atom is -0.465 e. The summed E-state index contributed by atoms with van der Waals surface area (Å²) in [5.41, 5.74) is 0. The van der Waals surface area contributed by atoms with Crippen molar-refractivity contribution in [1.29, 1.82) is 0 Å². The van der Waals surface area contributed by atoms with Gasteiger partial charge < -0.3 is 9.64 Å². The van der Waals surface area contributed by atoms with E-state index in [9.17, 15) is 14.4 Å². The van der Waals surface area contributed by atoms with Crippen LogP contribution in [-0.4, -0.2) is 42.3 Å². The molecule has 1 fully saturated rings. The molecule has 5 heteroatoms. The highest BCUT2D eigenvalue weighted by molar-refractivity contribution is 6.21. The van der Waals surface area contributed by atoms with Gasteiger partial charge in [-0.25, -0.2) is 0 Å². The fourth-order valence-corrected chi connectivity index (χ4v) is 1.67. The molecular weight excluding hydrogens is 210 g/mol. The van der Waals surface area contributed by atoms with E-state index in [-0.39, 0.29) is 18.9 Å². The average Bonchev–Trinajstić information content (AvgIpc) is 2.51. The standard InChI is InChI=1S/C11H17NO4/c1-3-5-6-12-7-8(13)9(10(12)14)11(15)16-4-2/h9H,3-7H2,1-2H3. The van der Waals surface area contributed by atoms with Crippen molar-refractivity contribution in [2.45, 2.75) is 26.7 Å². The number of carbonyl (C=O) groups excluding carboxylic acids is 3. The summed E-state index contributed by atoms with van der Waals surface area (Å²) < 4.78 is 4.71. The highest BCUT2D eigenvalue weighted by atomic mass is 16.5. The summed E-state index contributed by atoms with van der Waals surface area (Å²) >= 11 is 0. The first kappa shape index (κ1) is 12.7. The second-order valence-corrected chi connectivity index (χ2v) is 3.76. The molecule has 16 heavy (non-hydrogen) atoms. The molecule has 0 aromatic heterocycles. The van der Waals surface area contributed by atoms with E-state index >= 15 is 0 Å². The smallest absolute Gasteiger partial charge is 0.326 e. The predicted octanol–water partition coefficient (Wildman–Crippen LogP) is 0.377. The van der Waals surface area contributed by atoms with Crippen LogP contribution in [0.5, 0.6) is 0 Å². The number of hydrogen-bond acceptors (Lipinski definition) is 4. The van der Waals surface area contributed by atoms with Crippen LogP contribution in [0, 0.1) is 5.92 Å². The van der Waals surface area contributed by atoms with E-state index in [1.807, 2.05) is 6.92 Å². The maximum Gasteiger partial charge on any atom is 0.326 e. The molecule has 0 N–H and O–H groups in total. The minimum atomic E-state index is -1.21. The van der Waals surface area contributed by atoms with E-state index in [0.717, 1.165) is 12.8 Å². The Kier molecular flexibility index (Phi) is 4.46. The number of amides is 1. The van der Waals surface area contributed by atoms with Gasteiger partial charge in [0.25, 0.3) is 0 Å². The van der Waals surface area contributed by atoms with Crippen molar-refractivity contribution in [3.8, 4) is 0 Å². The molecule has 0 saturated carbocycles. The lowest BCUT2D eigenvalue weighted by atomic mass is 10.1. The lowest BCUT2D eigenvalue weighted by molar-refractivity contribution is -0.154. The first-order valence-electron chi connectivity index (χ1n) is 5.60. The van der Waals surface area contributed by atoms with Crippen molar-refractivity contribution in [1.82, 2.24) is 4.90 Å². The SMILES string of the molecule is CCCCN1CC(=O)C(C(=O)OCC)C1=O. The van der Waals surface area contributed by atoms with Gasteiger partial charge in [-0.3, -0.25) is 14.4 Å². The van der Waals surface area contributed by atoms with E-state index in [4.69, 9.17) is 4.74 Å². The number of ether oxygens (including phenoxy) is 1. The zero-order valence-electron chi connectivity index (χ0n) is 9.69. The molecule has 1 aliphatic heterocycles. The van der Waals surface area contributed by atoms with E-state index < -0.39 is 17.8 Å². The lowest BCUT2D eigenvalue weighted by Crippen LogP contribution is -2.32. The molecule has 5 nitrogen and oxygen atoms in total. The first-order chi connectivity index (χ1) is 7.61. The van der Waals surface area contributed by atoms with Crippen LogP contribution >= 0.6 is 0 Å². The molecule has 1 aliphatic rings. The molecule has 90 valence electrons. The fraction of sp³-hybridized carbons (Fsp3) is 0.727. The molecule has 1 rings (SSSR count). The Morgan fingerprint density at radius 1 is 1.44 bits per heavy atom. The van der Waals surface area contributed by atoms with E-state index in [1.54, 1.807) is 6.92 Å². The Hall–Kier alpha value is -1.39. The van der Waals surface area contributed by atoms with Crippen molar-refractivity contribution in [2.75, 3.05) is 19.7 Å². The van der Waals surface area contributed by atoms with Gasteiger partial charge in [-0.05, 0) is 13.3 Å². The lowest BCUT2D eigenvalue weighted by Gasteiger charge is -2.14. The number of Topliss-reactive ketones (excluding diaryl/α,β-unsaturated/α-hetero) is 1. The molecule has 1 amide bonds. The topological polar surface area (TPSA) is 63.7 Å². The van der Waals surface area contributed by atoms with Gasteiger partial charge in [0.15, 0.2) is 11.7 Å². The van der Waals surface area contributed by atoms with Crippen LogP contribution in [0.4, 0.5) is 0 Å². The number of hydrogen-bond donors (Lipinski definition) is 0. The number of unbranched alkanes of at least 4 members (excludes halogenated alkanes) is 1. The molecule has 0 radical (unpaired) electrons. The monoisotopic (exact) mass is 227 g/mol. The Morgan fingerprint density at radius 3 is 2.69 bits per heavy atom. The third-order valence-corrected chi connectivity index (χ3v) is 2.53. The Balaban J connectivity index is 2.63. The van der Waals surface area contributed by atoms with Crippen LogP contribution in [0.15, 0.2) is 0 Å². The maximum atomic E-state index is 11.7. The minimum absolute atomic E-state index is 0.0440. The van der Waals surface area contributed by atoms with Crippen LogP contribution in [0.1, 0.15) is 26.7 Å². The second kappa shape index (κ2) is 5.63. The van der Waals surface area contributed by atoms with Crippen LogP contribution < -0.4 is 0 Å². The number of nitrogens with zero attached hydrogens (tertiary/aromatic N) is 1. The van der Waals surface area contributed by atoms with Crippen LogP contribution in [0.2, 0.25) is 0 Å². The van der Waals surface area contributed by atoms with Crippen molar-refractivity contribution in [2.24, 2.45) is 5.92 Å². The third kappa shape index (κ3) is 2.59. The summed E-state index contributed by atoms with van der Waals surface area (Å²) in [6.07, 6.45) is 1.79. The number of esters is 1. The Morgan fingerprint density at radius 2 is 2.12 bits per heavy atom. The molecule has 0 aromatic rings. The molecule has 0 spiro atoms. The summed E-state index contributed by atoms with van der Waals surface area (Å²) in [5, 5.41) is 0. The van der Waals surface area contributed by atoms with Gasteiger partial charge in [-0.2, -0.15) is 0 Å². The fourth-order valence-electron chi connectivity index (χ4n) is 1.67. The summed E-state index contributed by atoms with van der Waals surface area (Å²) in [7, 11) is 0. The molecule has 1 saturated heterocycles. The summed E-state index contributed by atoms with van der Waals surface area (Å²) in [5.74, 6) is -2.68. The number of rotatable bonds is 5. The molecule has 0 aromatic carbocycles. The van der Waals surface area contributed by atoms with Crippen molar-refractivity contribution in [3.05, 3.63) is 0 Å². The summed E-state index contributed by atoms with van der Waals surface area (Å²) in [4.78, 5) is 36.1. The van der Waals surface area contributed by atoms with Crippen molar-refractivity contribution in [3.63, 3.8) is 0 Å². The number of carbonyl (C=O) groups is 3. The largest absolute Gasteiger partial charge is 0.465 e. The highest BCUT2D eigenvalue weighted by Crippen LogP contribution is 2.16.